The van der Waals surface area contributed by atoms with Gasteiger partial charge in [-0.05, 0) is 42.2 Å². The van der Waals surface area contributed by atoms with Crippen LogP contribution in [0.2, 0.25) is 0 Å². The molecule has 0 saturated heterocycles. The molecule has 0 saturated carbocycles. The Morgan fingerprint density at radius 2 is 1.83 bits per heavy atom. The molecule has 2 heteroatoms. The second kappa shape index (κ2) is 6.63. The van der Waals surface area contributed by atoms with Crippen LogP contribution < -0.4 is 0 Å². The van der Waals surface area contributed by atoms with E-state index in [2.05, 4.69) is 76.5 Å². The summed E-state index contributed by atoms with van der Waals surface area (Å²) in [5, 5.41) is 0. The molecule has 0 aliphatic heterocycles. The van der Waals surface area contributed by atoms with Gasteiger partial charge in [-0.3, -0.25) is 0 Å². The summed E-state index contributed by atoms with van der Waals surface area (Å²) in [6, 6.07) is 8.63. The van der Waals surface area contributed by atoms with Gasteiger partial charge in [0, 0.05) is 13.1 Å². The lowest BCUT2D eigenvalue weighted by molar-refractivity contribution is 0.183. The van der Waals surface area contributed by atoms with Crippen LogP contribution in [0.1, 0.15) is 31.9 Å². The van der Waals surface area contributed by atoms with Crippen molar-refractivity contribution in [2.45, 2.75) is 34.2 Å². The largest absolute Gasteiger partial charge is 0.302 e. The summed E-state index contributed by atoms with van der Waals surface area (Å²) in [5.74, 6) is 1.57. The topological polar surface area (TPSA) is 3.24 Å². The fourth-order valence-corrected chi connectivity index (χ4v) is 2.79. The van der Waals surface area contributed by atoms with Gasteiger partial charge < -0.3 is 4.90 Å². The highest BCUT2D eigenvalue weighted by atomic mass is 32.1. The first-order valence-electron chi connectivity index (χ1n) is 6.68. The van der Waals surface area contributed by atoms with Crippen molar-refractivity contribution < 1.29 is 0 Å². The molecule has 0 aliphatic carbocycles. The van der Waals surface area contributed by atoms with Crippen molar-refractivity contribution >= 4 is 12.6 Å². The Bertz CT molecular complexity index is 368. The molecule has 0 radical (unpaired) electrons. The lowest BCUT2D eigenvalue weighted by Gasteiger charge is -2.33. The minimum atomic E-state index is 0.321. The third-order valence-corrected chi connectivity index (χ3v) is 4.12. The monoisotopic (exact) mass is 265 g/mol. The fourth-order valence-electron chi connectivity index (χ4n) is 2.12. The molecule has 0 spiro atoms. The van der Waals surface area contributed by atoms with E-state index in [-0.39, 0.29) is 0 Å². The Balaban J connectivity index is 2.61. The summed E-state index contributed by atoms with van der Waals surface area (Å²) in [6.07, 6.45) is 0. The molecule has 1 unspecified atom stereocenters. The van der Waals surface area contributed by atoms with E-state index in [9.17, 15) is 0 Å². The SMILES string of the molecule is Cc1ccccc1CN(C)CC(CS)C(C)(C)C. The highest BCUT2D eigenvalue weighted by molar-refractivity contribution is 7.80. The first kappa shape index (κ1) is 15.6. The molecule has 1 aromatic carbocycles. The molecule has 1 aromatic rings. The summed E-state index contributed by atoms with van der Waals surface area (Å²) in [6.45, 7) is 11.2. The van der Waals surface area contributed by atoms with Crippen LogP contribution in [0.15, 0.2) is 24.3 Å². The Kier molecular flexibility index (Phi) is 5.74. The van der Waals surface area contributed by atoms with E-state index in [0.29, 0.717) is 11.3 Å². The first-order valence-corrected chi connectivity index (χ1v) is 7.31. The Morgan fingerprint density at radius 3 is 2.33 bits per heavy atom. The van der Waals surface area contributed by atoms with E-state index in [0.717, 1.165) is 18.8 Å². The minimum Gasteiger partial charge on any atom is -0.302 e. The summed E-state index contributed by atoms with van der Waals surface area (Å²) >= 11 is 4.50. The summed E-state index contributed by atoms with van der Waals surface area (Å²) in [5.41, 5.74) is 3.12. The quantitative estimate of drug-likeness (QED) is 0.787. The number of rotatable bonds is 5. The maximum Gasteiger partial charge on any atom is 0.0233 e. The van der Waals surface area contributed by atoms with Gasteiger partial charge in [-0.1, -0.05) is 45.0 Å². The zero-order valence-electron chi connectivity index (χ0n) is 12.4. The molecule has 1 atom stereocenters. The average molecular weight is 265 g/mol. The molecule has 0 fully saturated rings. The van der Waals surface area contributed by atoms with Gasteiger partial charge in [0.1, 0.15) is 0 Å². The minimum absolute atomic E-state index is 0.321. The number of nitrogens with zero attached hydrogens (tertiary/aromatic N) is 1. The van der Waals surface area contributed by atoms with Crippen molar-refractivity contribution in [2.24, 2.45) is 11.3 Å². The highest BCUT2D eigenvalue weighted by Crippen LogP contribution is 2.27. The van der Waals surface area contributed by atoms with Crippen molar-refractivity contribution in [3.63, 3.8) is 0 Å². The highest BCUT2D eigenvalue weighted by Gasteiger charge is 2.24. The Morgan fingerprint density at radius 1 is 1.22 bits per heavy atom. The third-order valence-electron chi connectivity index (χ3n) is 3.68. The molecule has 1 rings (SSSR count). The molecule has 0 aliphatic rings. The number of aryl methyl sites for hydroxylation is 1. The van der Waals surface area contributed by atoms with Gasteiger partial charge in [-0.25, -0.2) is 0 Å². The zero-order chi connectivity index (χ0) is 13.8. The van der Waals surface area contributed by atoms with Crippen LogP contribution in [0.5, 0.6) is 0 Å². The first-order chi connectivity index (χ1) is 8.34. The maximum absolute atomic E-state index is 4.50. The molecule has 0 amide bonds. The molecular weight excluding hydrogens is 238 g/mol. The lowest BCUT2D eigenvalue weighted by atomic mass is 9.81. The number of hydrogen-bond acceptors (Lipinski definition) is 2. The van der Waals surface area contributed by atoms with Gasteiger partial charge in [-0.15, -0.1) is 0 Å². The summed E-state index contributed by atoms with van der Waals surface area (Å²) < 4.78 is 0. The van der Waals surface area contributed by atoms with Crippen LogP contribution in [0.25, 0.3) is 0 Å². The molecule has 0 aromatic heterocycles. The molecule has 18 heavy (non-hydrogen) atoms. The van der Waals surface area contributed by atoms with E-state index in [4.69, 9.17) is 0 Å². The van der Waals surface area contributed by atoms with Gasteiger partial charge in [0.25, 0.3) is 0 Å². The molecule has 1 nitrogen and oxygen atoms in total. The smallest absolute Gasteiger partial charge is 0.0233 e. The number of hydrogen-bond donors (Lipinski definition) is 1. The molecule has 102 valence electrons. The van der Waals surface area contributed by atoms with Gasteiger partial charge in [0.05, 0.1) is 0 Å². The van der Waals surface area contributed by atoms with Crippen molar-refractivity contribution in [1.29, 1.82) is 0 Å². The van der Waals surface area contributed by atoms with Crippen molar-refractivity contribution in [1.82, 2.24) is 4.90 Å². The average Bonchev–Trinajstić information content (AvgIpc) is 2.27. The molecule has 0 heterocycles. The van der Waals surface area contributed by atoms with Crippen LogP contribution in [-0.2, 0) is 6.54 Å². The second-order valence-electron chi connectivity index (χ2n) is 6.37. The van der Waals surface area contributed by atoms with Crippen LogP contribution in [0, 0.1) is 18.3 Å². The van der Waals surface area contributed by atoms with Gasteiger partial charge in [0.15, 0.2) is 0 Å². The van der Waals surface area contributed by atoms with Crippen LogP contribution in [-0.4, -0.2) is 24.2 Å². The van der Waals surface area contributed by atoms with E-state index in [1.807, 2.05) is 0 Å². The third kappa shape index (κ3) is 4.66. The van der Waals surface area contributed by atoms with E-state index in [1.54, 1.807) is 0 Å². The molecule has 0 bridgehead atoms. The lowest BCUT2D eigenvalue weighted by Crippen LogP contribution is -2.34. The molecule has 0 N–H and O–H groups in total. The van der Waals surface area contributed by atoms with E-state index < -0.39 is 0 Å². The van der Waals surface area contributed by atoms with E-state index in [1.165, 1.54) is 11.1 Å². The molecular formula is C16H27NS. The maximum atomic E-state index is 4.50. The van der Waals surface area contributed by atoms with Crippen molar-refractivity contribution in [3.05, 3.63) is 35.4 Å². The summed E-state index contributed by atoms with van der Waals surface area (Å²) in [7, 11) is 2.20. The standard InChI is InChI=1S/C16H27NS/c1-13-8-6-7-9-14(13)10-17(5)11-15(12-18)16(2,3)4/h6-9,15,18H,10-12H2,1-5H3. The number of benzene rings is 1. The second-order valence-corrected chi connectivity index (χ2v) is 6.73. The van der Waals surface area contributed by atoms with Gasteiger partial charge in [0.2, 0.25) is 0 Å². The fraction of sp³-hybridized carbons (Fsp3) is 0.625. The normalized spacial score (nSPS) is 13.9. The van der Waals surface area contributed by atoms with Gasteiger partial charge in [-0.2, -0.15) is 12.6 Å². The van der Waals surface area contributed by atoms with Crippen molar-refractivity contribution in [3.8, 4) is 0 Å². The Hall–Kier alpha value is -0.470. The summed E-state index contributed by atoms with van der Waals surface area (Å²) in [4.78, 5) is 2.41. The number of thiol groups is 1. The Labute approximate surface area is 118 Å². The zero-order valence-corrected chi connectivity index (χ0v) is 13.3. The predicted octanol–water partition coefficient (Wildman–Crippen LogP) is 4.02. The predicted molar refractivity (Wildman–Crippen MR) is 84.3 cm³/mol. The van der Waals surface area contributed by atoms with Crippen LogP contribution in [0.3, 0.4) is 0 Å². The van der Waals surface area contributed by atoms with Crippen LogP contribution in [0.4, 0.5) is 0 Å². The van der Waals surface area contributed by atoms with Crippen LogP contribution >= 0.6 is 12.6 Å². The van der Waals surface area contributed by atoms with Crippen molar-refractivity contribution in [2.75, 3.05) is 19.3 Å². The van der Waals surface area contributed by atoms with Gasteiger partial charge >= 0.3 is 0 Å². The van der Waals surface area contributed by atoms with E-state index >= 15 is 0 Å².